The monoisotopic (exact) mass is 220 g/mol. The Morgan fingerprint density at radius 1 is 1.06 bits per heavy atom. The van der Waals surface area contributed by atoms with Crippen LogP contribution in [0.1, 0.15) is 40.2 Å². The van der Waals surface area contributed by atoms with Crippen LogP contribution in [0.5, 0.6) is 5.75 Å². The van der Waals surface area contributed by atoms with Crippen molar-refractivity contribution in [1.82, 2.24) is 0 Å². The van der Waals surface area contributed by atoms with Gasteiger partial charge in [-0.2, -0.15) is 0 Å². The fourth-order valence-corrected chi connectivity index (χ4v) is 2.06. The number of aromatic hydroxyl groups is 1. The van der Waals surface area contributed by atoms with Gasteiger partial charge in [0.2, 0.25) is 0 Å². The molecule has 0 radical (unpaired) electrons. The zero-order valence-electron chi connectivity index (χ0n) is 10.7. The maximum atomic E-state index is 12.3. The van der Waals surface area contributed by atoms with E-state index in [4.69, 9.17) is 0 Å². The number of ketones is 1. The molecule has 1 N–H and O–H groups in total. The summed E-state index contributed by atoms with van der Waals surface area (Å²) >= 11 is 0. The first-order valence-electron chi connectivity index (χ1n) is 5.51. The average Bonchev–Trinajstić information content (AvgIpc) is 2.15. The lowest BCUT2D eigenvalue weighted by Crippen LogP contribution is -2.38. The first kappa shape index (κ1) is 12.8. The van der Waals surface area contributed by atoms with Crippen LogP contribution < -0.4 is 0 Å². The minimum absolute atomic E-state index is 0.126. The SMILES string of the molecule is CC(C)(C)C(=O)C(C)(C)c1ccccc1O. The van der Waals surface area contributed by atoms with Gasteiger partial charge in [-0.1, -0.05) is 39.0 Å². The molecule has 2 nitrogen and oxygen atoms in total. The molecule has 0 aliphatic carbocycles. The van der Waals surface area contributed by atoms with Crippen LogP contribution >= 0.6 is 0 Å². The number of phenols is 1. The summed E-state index contributed by atoms with van der Waals surface area (Å²) in [5, 5.41) is 9.81. The highest BCUT2D eigenvalue weighted by Gasteiger charge is 2.38. The molecule has 0 aliphatic heterocycles. The van der Waals surface area contributed by atoms with Crippen molar-refractivity contribution < 1.29 is 9.90 Å². The summed E-state index contributed by atoms with van der Waals surface area (Å²) in [4.78, 5) is 12.3. The van der Waals surface area contributed by atoms with Crippen LogP contribution in [0.2, 0.25) is 0 Å². The maximum absolute atomic E-state index is 12.3. The molecule has 0 spiro atoms. The summed E-state index contributed by atoms with van der Waals surface area (Å²) in [5.74, 6) is 0.312. The standard InChI is InChI=1S/C14H20O2/c1-13(2,3)12(16)14(4,5)10-8-6-7-9-11(10)15/h6-9,15H,1-5H3. The van der Waals surface area contributed by atoms with E-state index in [1.165, 1.54) is 0 Å². The third kappa shape index (κ3) is 2.26. The second kappa shape index (κ2) is 3.93. The van der Waals surface area contributed by atoms with Crippen LogP contribution in [0.15, 0.2) is 24.3 Å². The number of rotatable bonds is 2. The van der Waals surface area contributed by atoms with Gasteiger partial charge in [-0.25, -0.2) is 0 Å². The summed E-state index contributed by atoms with van der Waals surface area (Å²) in [7, 11) is 0. The molecule has 0 saturated carbocycles. The van der Waals surface area contributed by atoms with Gasteiger partial charge in [-0.3, -0.25) is 4.79 Å². The lowest BCUT2D eigenvalue weighted by Gasteiger charge is -2.31. The van der Waals surface area contributed by atoms with E-state index in [9.17, 15) is 9.90 Å². The van der Waals surface area contributed by atoms with Gasteiger partial charge < -0.3 is 5.11 Å². The topological polar surface area (TPSA) is 37.3 Å². The van der Waals surface area contributed by atoms with Crippen molar-refractivity contribution in [1.29, 1.82) is 0 Å². The van der Waals surface area contributed by atoms with Gasteiger partial charge in [0.1, 0.15) is 11.5 Å². The van der Waals surface area contributed by atoms with Crippen LogP contribution in [0.25, 0.3) is 0 Å². The van der Waals surface area contributed by atoms with Crippen LogP contribution in [0.3, 0.4) is 0 Å². The van der Waals surface area contributed by atoms with E-state index in [-0.39, 0.29) is 11.5 Å². The molecule has 1 rings (SSSR count). The van der Waals surface area contributed by atoms with Crippen molar-refractivity contribution in [2.45, 2.75) is 40.0 Å². The van der Waals surface area contributed by atoms with Crippen molar-refractivity contribution in [2.24, 2.45) is 5.41 Å². The molecule has 0 heterocycles. The van der Waals surface area contributed by atoms with Crippen LogP contribution in [-0.2, 0) is 10.2 Å². The largest absolute Gasteiger partial charge is 0.508 e. The Balaban J connectivity index is 3.22. The minimum Gasteiger partial charge on any atom is -0.508 e. The predicted molar refractivity (Wildman–Crippen MR) is 65.6 cm³/mol. The number of carbonyl (C=O) groups excluding carboxylic acids is 1. The Bertz CT molecular complexity index is 397. The van der Waals surface area contributed by atoms with Crippen molar-refractivity contribution in [3.8, 4) is 5.75 Å². The van der Waals surface area contributed by atoms with E-state index >= 15 is 0 Å². The van der Waals surface area contributed by atoms with Crippen molar-refractivity contribution in [3.63, 3.8) is 0 Å². The van der Waals surface area contributed by atoms with Crippen molar-refractivity contribution in [2.75, 3.05) is 0 Å². The van der Waals surface area contributed by atoms with Crippen molar-refractivity contribution in [3.05, 3.63) is 29.8 Å². The lowest BCUT2D eigenvalue weighted by molar-refractivity contribution is -0.131. The van der Waals surface area contributed by atoms with E-state index in [2.05, 4.69) is 0 Å². The minimum atomic E-state index is -0.663. The maximum Gasteiger partial charge on any atom is 0.148 e. The number of benzene rings is 1. The highest BCUT2D eigenvalue weighted by molar-refractivity contribution is 5.93. The van der Waals surface area contributed by atoms with E-state index < -0.39 is 10.8 Å². The number of hydrogen-bond donors (Lipinski definition) is 1. The first-order chi connectivity index (χ1) is 7.17. The van der Waals surface area contributed by atoms with Crippen LogP contribution in [0, 0.1) is 5.41 Å². The Kier molecular flexibility index (Phi) is 3.13. The first-order valence-corrected chi connectivity index (χ1v) is 5.51. The summed E-state index contributed by atoms with van der Waals surface area (Å²) in [6.07, 6.45) is 0. The second-order valence-electron chi connectivity index (χ2n) is 5.72. The molecule has 1 aromatic rings. The molecule has 0 aromatic heterocycles. The molecular formula is C14H20O2. The fraction of sp³-hybridized carbons (Fsp3) is 0.500. The molecule has 0 bridgehead atoms. The molecule has 16 heavy (non-hydrogen) atoms. The third-order valence-corrected chi connectivity index (χ3v) is 2.83. The van der Waals surface area contributed by atoms with Gasteiger partial charge in [0.15, 0.2) is 0 Å². The predicted octanol–water partition coefficient (Wildman–Crippen LogP) is 3.29. The number of para-hydroxylation sites is 1. The molecule has 2 heteroatoms. The number of Topliss-reactive ketones (excluding diaryl/α,β-unsaturated/α-hetero) is 1. The zero-order valence-corrected chi connectivity index (χ0v) is 10.7. The Morgan fingerprint density at radius 2 is 1.56 bits per heavy atom. The molecule has 88 valence electrons. The highest BCUT2D eigenvalue weighted by atomic mass is 16.3. The highest BCUT2D eigenvalue weighted by Crippen LogP contribution is 2.36. The average molecular weight is 220 g/mol. The second-order valence-corrected chi connectivity index (χ2v) is 5.72. The molecular weight excluding hydrogens is 200 g/mol. The summed E-state index contributed by atoms with van der Waals surface area (Å²) < 4.78 is 0. The molecule has 0 amide bonds. The lowest BCUT2D eigenvalue weighted by atomic mass is 9.71. The number of phenolic OH excluding ortho intramolecular Hbond substituents is 1. The molecule has 0 aliphatic rings. The molecule has 0 fully saturated rings. The van der Waals surface area contributed by atoms with E-state index in [1.807, 2.05) is 40.7 Å². The third-order valence-electron chi connectivity index (χ3n) is 2.83. The van der Waals surface area contributed by atoms with E-state index in [0.717, 1.165) is 0 Å². The van der Waals surface area contributed by atoms with Crippen molar-refractivity contribution >= 4 is 5.78 Å². The summed E-state index contributed by atoms with van der Waals surface area (Å²) in [6.45, 7) is 9.41. The van der Waals surface area contributed by atoms with Gasteiger partial charge in [0.25, 0.3) is 0 Å². The van der Waals surface area contributed by atoms with Gasteiger partial charge in [-0.15, -0.1) is 0 Å². The molecule has 0 atom stereocenters. The molecule has 0 unspecified atom stereocenters. The quantitative estimate of drug-likeness (QED) is 0.830. The Labute approximate surface area is 97.3 Å². The molecule has 1 aromatic carbocycles. The zero-order chi connectivity index (χ0) is 12.6. The normalized spacial score (nSPS) is 12.6. The fourth-order valence-electron chi connectivity index (χ4n) is 2.06. The van der Waals surface area contributed by atoms with Gasteiger partial charge in [0.05, 0.1) is 5.41 Å². The summed E-state index contributed by atoms with van der Waals surface area (Å²) in [5.41, 5.74) is -0.384. The van der Waals surface area contributed by atoms with Gasteiger partial charge >= 0.3 is 0 Å². The number of hydrogen-bond acceptors (Lipinski definition) is 2. The summed E-state index contributed by atoms with van der Waals surface area (Å²) in [6, 6.07) is 7.02. The van der Waals surface area contributed by atoms with Crippen LogP contribution in [0.4, 0.5) is 0 Å². The van der Waals surface area contributed by atoms with Crippen LogP contribution in [-0.4, -0.2) is 10.9 Å². The van der Waals surface area contributed by atoms with Gasteiger partial charge in [0, 0.05) is 11.0 Å². The Hall–Kier alpha value is -1.31. The molecule has 0 saturated heterocycles. The van der Waals surface area contributed by atoms with Gasteiger partial charge in [-0.05, 0) is 19.9 Å². The smallest absolute Gasteiger partial charge is 0.148 e. The van der Waals surface area contributed by atoms with E-state index in [0.29, 0.717) is 5.56 Å². The van der Waals surface area contributed by atoms with E-state index in [1.54, 1.807) is 18.2 Å². The number of carbonyl (C=O) groups is 1. The Morgan fingerprint density at radius 3 is 2.00 bits per heavy atom.